The molecule has 3 rings (SSSR count). The summed E-state index contributed by atoms with van der Waals surface area (Å²) in [5.74, 6) is 2.40. The molecular formula is C17H22N2O3. The number of fused-ring (bicyclic) bond motifs is 1. The largest absolute Gasteiger partial charge is 0.496 e. The molecule has 0 aliphatic carbocycles. The van der Waals surface area contributed by atoms with Gasteiger partial charge >= 0.3 is 0 Å². The van der Waals surface area contributed by atoms with Gasteiger partial charge in [0.25, 0.3) is 0 Å². The van der Waals surface area contributed by atoms with Crippen molar-refractivity contribution in [3.8, 4) is 11.5 Å². The van der Waals surface area contributed by atoms with Crippen LogP contribution < -0.4 is 14.8 Å². The maximum absolute atomic E-state index is 5.64. The van der Waals surface area contributed by atoms with Gasteiger partial charge in [0.1, 0.15) is 22.8 Å². The third kappa shape index (κ3) is 2.81. The fourth-order valence-electron chi connectivity index (χ4n) is 2.92. The van der Waals surface area contributed by atoms with Crippen molar-refractivity contribution in [3.63, 3.8) is 0 Å². The van der Waals surface area contributed by atoms with E-state index in [-0.39, 0.29) is 6.10 Å². The van der Waals surface area contributed by atoms with E-state index in [9.17, 15) is 0 Å². The highest BCUT2D eigenvalue weighted by Crippen LogP contribution is 2.35. The monoisotopic (exact) mass is 302 g/mol. The Morgan fingerprint density at radius 3 is 2.73 bits per heavy atom. The molecule has 1 aliphatic rings. The summed E-state index contributed by atoms with van der Waals surface area (Å²) in [7, 11) is 3.33. The van der Waals surface area contributed by atoms with Crippen molar-refractivity contribution < 1.29 is 14.2 Å². The maximum atomic E-state index is 5.64. The van der Waals surface area contributed by atoms with Crippen molar-refractivity contribution in [1.82, 2.24) is 4.98 Å². The zero-order valence-electron chi connectivity index (χ0n) is 13.3. The van der Waals surface area contributed by atoms with Crippen LogP contribution in [0.1, 0.15) is 18.4 Å². The summed E-state index contributed by atoms with van der Waals surface area (Å²) in [6.45, 7) is 3.70. The number of pyridine rings is 1. The zero-order chi connectivity index (χ0) is 15.5. The number of hydrogen-bond donors (Lipinski definition) is 1. The topological polar surface area (TPSA) is 52.6 Å². The number of benzene rings is 1. The van der Waals surface area contributed by atoms with E-state index in [0.717, 1.165) is 59.8 Å². The van der Waals surface area contributed by atoms with E-state index in [1.807, 2.05) is 18.2 Å². The molecule has 0 spiro atoms. The lowest BCUT2D eigenvalue weighted by atomic mass is 10.1. The summed E-state index contributed by atoms with van der Waals surface area (Å²) in [4.78, 5) is 4.70. The molecule has 5 heteroatoms. The van der Waals surface area contributed by atoms with Crippen LogP contribution in [0.25, 0.3) is 10.9 Å². The number of anilines is 1. The lowest BCUT2D eigenvalue weighted by Gasteiger charge is -2.15. The minimum Gasteiger partial charge on any atom is -0.496 e. The van der Waals surface area contributed by atoms with Crippen LogP contribution in [0.3, 0.4) is 0 Å². The van der Waals surface area contributed by atoms with Crippen LogP contribution in [0.2, 0.25) is 0 Å². The first-order valence-corrected chi connectivity index (χ1v) is 7.60. The fraction of sp³-hybridized carbons (Fsp3) is 0.471. The second-order valence-corrected chi connectivity index (χ2v) is 5.53. The molecule has 118 valence electrons. The lowest BCUT2D eigenvalue weighted by molar-refractivity contribution is 0.120. The third-order valence-electron chi connectivity index (χ3n) is 4.06. The third-order valence-corrected chi connectivity index (χ3v) is 4.06. The minimum atomic E-state index is 0.282. The molecule has 2 heterocycles. The van der Waals surface area contributed by atoms with E-state index in [1.54, 1.807) is 14.2 Å². The van der Waals surface area contributed by atoms with Crippen molar-refractivity contribution >= 4 is 16.7 Å². The molecule has 1 aromatic carbocycles. The first-order valence-electron chi connectivity index (χ1n) is 7.60. The zero-order valence-corrected chi connectivity index (χ0v) is 13.3. The summed E-state index contributed by atoms with van der Waals surface area (Å²) < 4.78 is 16.5. The number of nitrogens with one attached hydrogen (secondary N) is 1. The predicted octanol–water partition coefficient (Wildman–Crippen LogP) is 3.15. The number of nitrogens with zero attached hydrogens (tertiary/aromatic N) is 1. The first kappa shape index (κ1) is 14.9. The molecule has 2 aromatic rings. The Bertz CT molecular complexity index is 666. The van der Waals surface area contributed by atoms with Crippen LogP contribution in [0.5, 0.6) is 11.5 Å². The van der Waals surface area contributed by atoms with Crippen molar-refractivity contribution in [2.24, 2.45) is 0 Å². The van der Waals surface area contributed by atoms with Crippen LogP contribution in [-0.2, 0) is 4.74 Å². The highest BCUT2D eigenvalue weighted by Gasteiger charge is 2.16. The first-order chi connectivity index (χ1) is 10.7. The molecule has 1 aromatic heterocycles. The Balaban J connectivity index is 1.95. The molecule has 1 atom stereocenters. The van der Waals surface area contributed by atoms with Crippen molar-refractivity contribution in [3.05, 3.63) is 23.8 Å². The number of ether oxygens (including phenoxy) is 3. The Morgan fingerprint density at radius 2 is 2.05 bits per heavy atom. The molecule has 0 bridgehead atoms. The van der Waals surface area contributed by atoms with Crippen LogP contribution in [-0.4, -0.2) is 38.5 Å². The fourth-order valence-corrected chi connectivity index (χ4v) is 2.92. The van der Waals surface area contributed by atoms with Gasteiger partial charge in [-0.1, -0.05) is 0 Å². The van der Waals surface area contributed by atoms with Gasteiger partial charge in [0.2, 0.25) is 0 Å². The van der Waals surface area contributed by atoms with Crippen molar-refractivity contribution in [2.45, 2.75) is 25.9 Å². The van der Waals surface area contributed by atoms with Gasteiger partial charge in [-0.2, -0.15) is 0 Å². The molecule has 5 nitrogen and oxygen atoms in total. The Labute approximate surface area is 130 Å². The summed E-state index contributed by atoms with van der Waals surface area (Å²) in [6, 6.07) is 5.84. The average molecular weight is 302 g/mol. The Kier molecular flexibility index (Phi) is 4.34. The van der Waals surface area contributed by atoms with Gasteiger partial charge in [-0.05, 0) is 43.5 Å². The lowest BCUT2D eigenvalue weighted by Crippen LogP contribution is -2.19. The van der Waals surface area contributed by atoms with Gasteiger partial charge in [0.05, 0.1) is 20.3 Å². The molecule has 0 radical (unpaired) electrons. The van der Waals surface area contributed by atoms with E-state index in [2.05, 4.69) is 12.2 Å². The van der Waals surface area contributed by atoms with Crippen LogP contribution in [0, 0.1) is 6.92 Å². The average Bonchev–Trinajstić information content (AvgIpc) is 3.05. The molecular weight excluding hydrogens is 280 g/mol. The summed E-state index contributed by atoms with van der Waals surface area (Å²) in [5.41, 5.74) is 1.92. The molecule has 22 heavy (non-hydrogen) atoms. The van der Waals surface area contributed by atoms with Gasteiger partial charge in [0, 0.05) is 18.5 Å². The molecule has 0 amide bonds. The van der Waals surface area contributed by atoms with E-state index < -0.39 is 0 Å². The van der Waals surface area contributed by atoms with Crippen LogP contribution in [0.4, 0.5) is 5.82 Å². The number of rotatable bonds is 5. The van der Waals surface area contributed by atoms with E-state index >= 15 is 0 Å². The smallest absolute Gasteiger partial charge is 0.145 e. The molecule has 1 saturated heterocycles. The molecule has 1 aliphatic heterocycles. The van der Waals surface area contributed by atoms with Gasteiger partial charge < -0.3 is 19.5 Å². The van der Waals surface area contributed by atoms with Gasteiger partial charge in [-0.25, -0.2) is 4.98 Å². The standard InChI is InChI=1S/C17H22N2O3/c1-11-9-15(18-10-12-5-4-8-22-12)19-17-14(21-3)7-6-13(20-2)16(11)17/h6-7,9,12H,4-5,8,10H2,1-3H3,(H,18,19)/t12-/m1/s1. The number of aromatic nitrogens is 1. The molecule has 1 N–H and O–H groups in total. The van der Waals surface area contributed by atoms with E-state index in [0.29, 0.717) is 0 Å². The second kappa shape index (κ2) is 6.40. The number of hydrogen-bond acceptors (Lipinski definition) is 5. The van der Waals surface area contributed by atoms with E-state index in [1.165, 1.54) is 0 Å². The Morgan fingerprint density at radius 1 is 1.27 bits per heavy atom. The van der Waals surface area contributed by atoms with Crippen molar-refractivity contribution in [2.75, 3.05) is 32.7 Å². The SMILES string of the molecule is COc1ccc(OC)c2c(C)cc(NC[C@H]3CCCO3)nc12. The normalized spacial score (nSPS) is 17.7. The summed E-state index contributed by atoms with van der Waals surface area (Å²) in [5, 5.41) is 4.37. The second-order valence-electron chi connectivity index (χ2n) is 5.53. The summed E-state index contributed by atoms with van der Waals surface area (Å²) in [6.07, 6.45) is 2.53. The maximum Gasteiger partial charge on any atom is 0.145 e. The van der Waals surface area contributed by atoms with Gasteiger partial charge in [-0.15, -0.1) is 0 Å². The summed E-state index contributed by atoms with van der Waals surface area (Å²) >= 11 is 0. The quantitative estimate of drug-likeness (QED) is 0.919. The Hall–Kier alpha value is -2.01. The highest BCUT2D eigenvalue weighted by molar-refractivity contribution is 5.94. The highest BCUT2D eigenvalue weighted by atomic mass is 16.5. The van der Waals surface area contributed by atoms with Crippen molar-refractivity contribution in [1.29, 1.82) is 0 Å². The van der Waals surface area contributed by atoms with Gasteiger partial charge in [0.15, 0.2) is 0 Å². The van der Waals surface area contributed by atoms with Crippen LogP contribution in [0.15, 0.2) is 18.2 Å². The molecule has 0 unspecified atom stereocenters. The predicted molar refractivity (Wildman–Crippen MR) is 87.0 cm³/mol. The van der Waals surface area contributed by atoms with E-state index in [4.69, 9.17) is 19.2 Å². The van der Waals surface area contributed by atoms with Gasteiger partial charge in [-0.3, -0.25) is 0 Å². The minimum absolute atomic E-state index is 0.282. The molecule has 0 saturated carbocycles. The number of aryl methyl sites for hydroxylation is 1. The number of methoxy groups -OCH3 is 2. The van der Waals surface area contributed by atoms with Crippen LogP contribution >= 0.6 is 0 Å². The molecule has 1 fully saturated rings.